The summed E-state index contributed by atoms with van der Waals surface area (Å²) in [5.74, 6) is -0.358. The number of benzene rings is 3. The molecule has 0 fully saturated rings. The van der Waals surface area contributed by atoms with Gasteiger partial charge in [0.1, 0.15) is 6.61 Å². The van der Waals surface area contributed by atoms with Crippen LogP contribution in [-0.2, 0) is 61.3 Å². The van der Waals surface area contributed by atoms with Gasteiger partial charge in [0, 0.05) is 0 Å². The molecule has 0 unspecified atom stereocenters. The number of carbonyl (C=O) groups excluding carboxylic acids is 1. The minimum Gasteiger partial charge on any atom is -0.460 e. The zero-order valence-corrected chi connectivity index (χ0v) is 38.3. The van der Waals surface area contributed by atoms with Crippen molar-refractivity contribution < 1.29 is 66.1 Å². The van der Waals surface area contributed by atoms with E-state index in [4.69, 9.17) is 61.3 Å². The molecule has 3 rings (SSSR count). The summed E-state index contributed by atoms with van der Waals surface area (Å²) in [5, 5.41) is 2.46. The zero-order valence-electron chi connectivity index (χ0n) is 37.3. The molecule has 0 heterocycles. The Kier molecular flexibility index (Phi) is 30.2. The topological polar surface area (TPSA) is 137 Å². The molecule has 0 aliphatic carbocycles. The molecular formula is C47H72O14Si. The quantitative estimate of drug-likeness (QED) is 0.0447. The average molecular weight is 889 g/mol. The monoisotopic (exact) mass is 888 g/mol. The van der Waals surface area contributed by atoms with Gasteiger partial charge < -0.3 is 61.3 Å². The summed E-state index contributed by atoms with van der Waals surface area (Å²) in [6, 6.07) is 30.1. The van der Waals surface area contributed by atoms with Crippen LogP contribution in [0.2, 0.25) is 5.04 Å². The van der Waals surface area contributed by atoms with Crippen LogP contribution in [0.5, 0.6) is 0 Å². The van der Waals surface area contributed by atoms with Gasteiger partial charge in [-0.25, -0.2) is 4.79 Å². The van der Waals surface area contributed by atoms with Gasteiger partial charge in [0.25, 0.3) is 8.32 Å². The van der Waals surface area contributed by atoms with Crippen LogP contribution in [-0.4, -0.2) is 173 Å². The van der Waals surface area contributed by atoms with E-state index in [1.54, 1.807) is 24.3 Å². The fourth-order valence-corrected chi connectivity index (χ4v) is 10.7. The standard InChI is InChI=1S/C47H72O14Si/c1-47(2,3)62(44-15-9-5-10-16-44,45-17-11-6-12-18-45)61-42-40-59-38-36-57-34-32-55-30-28-53-26-24-51-22-20-49-19-21-50-23-25-52-27-29-54-31-33-56-35-37-58-39-41-60-46(48)43-13-7-4-8-14-43/h4-18H,19-42H2,1-3H3. The Bertz CT molecular complexity index is 1430. The van der Waals surface area contributed by atoms with Crippen LogP contribution < -0.4 is 10.4 Å². The average Bonchev–Trinajstić information content (AvgIpc) is 3.29. The first kappa shape index (κ1) is 53.2. The minimum absolute atomic E-state index is 0.0628. The lowest BCUT2D eigenvalue weighted by Gasteiger charge is -2.43. The normalized spacial score (nSPS) is 11.9. The first-order valence-electron chi connectivity index (χ1n) is 21.8. The van der Waals surface area contributed by atoms with Crippen LogP contribution >= 0.6 is 0 Å². The van der Waals surface area contributed by atoms with E-state index in [1.807, 2.05) is 6.07 Å². The highest BCUT2D eigenvalue weighted by Gasteiger charge is 2.50. The maximum absolute atomic E-state index is 11.8. The predicted molar refractivity (Wildman–Crippen MR) is 239 cm³/mol. The molecule has 0 spiro atoms. The molecular weight excluding hydrogens is 817 g/mol. The highest BCUT2D eigenvalue weighted by molar-refractivity contribution is 6.99. The lowest BCUT2D eigenvalue weighted by Crippen LogP contribution is -2.66. The molecule has 348 valence electrons. The van der Waals surface area contributed by atoms with E-state index in [0.29, 0.717) is 158 Å². The third-order valence-electron chi connectivity index (χ3n) is 9.15. The molecule has 0 bridgehead atoms. The van der Waals surface area contributed by atoms with Gasteiger partial charge in [0.15, 0.2) is 0 Å². The van der Waals surface area contributed by atoms with Gasteiger partial charge in [-0.3, -0.25) is 0 Å². The maximum Gasteiger partial charge on any atom is 0.338 e. The third-order valence-corrected chi connectivity index (χ3v) is 14.2. The molecule has 3 aromatic carbocycles. The highest BCUT2D eigenvalue weighted by atomic mass is 28.4. The Labute approximate surface area is 370 Å². The number of carbonyl (C=O) groups is 1. The summed E-state index contributed by atoms with van der Waals surface area (Å²) in [5.41, 5.74) is 0.523. The molecule has 14 nitrogen and oxygen atoms in total. The van der Waals surface area contributed by atoms with Crippen LogP contribution in [0.3, 0.4) is 0 Å². The van der Waals surface area contributed by atoms with Crippen LogP contribution in [0, 0.1) is 0 Å². The summed E-state index contributed by atoms with van der Waals surface area (Å²) in [7, 11) is -2.55. The first-order valence-corrected chi connectivity index (χ1v) is 23.7. The van der Waals surface area contributed by atoms with Crippen molar-refractivity contribution in [3.05, 3.63) is 96.6 Å². The van der Waals surface area contributed by atoms with E-state index >= 15 is 0 Å². The highest BCUT2D eigenvalue weighted by Crippen LogP contribution is 2.36. The van der Waals surface area contributed by atoms with Crippen molar-refractivity contribution in [1.29, 1.82) is 0 Å². The molecule has 0 N–H and O–H groups in total. The summed E-state index contributed by atoms with van der Waals surface area (Å²) < 4.78 is 73.1. The van der Waals surface area contributed by atoms with Crippen molar-refractivity contribution in [1.82, 2.24) is 0 Å². The van der Waals surface area contributed by atoms with E-state index in [9.17, 15) is 4.79 Å². The van der Waals surface area contributed by atoms with Crippen molar-refractivity contribution in [3.8, 4) is 0 Å². The maximum atomic E-state index is 11.8. The predicted octanol–water partition coefficient (Wildman–Crippen LogP) is 4.60. The molecule has 0 atom stereocenters. The second-order valence-electron chi connectivity index (χ2n) is 14.7. The summed E-state index contributed by atoms with van der Waals surface area (Å²) >= 11 is 0. The fraction of sp³-hybridized carbons (Fsp3) is 0.596. The summed E-state index contributed by atoms with van der Waals surface area (Å²) in [4.78, 5) is 11.8. The van der Waals surface area contributed by atoms with Crippen molar-refractivity contribution >= 4 is 24.7 Å². The van der Waals surface area contributed by atoms with Gasteiger partial charge in [-0.2, -0.15) is 0 Å². The second kappa shape index (κ2) is 35.2. The van der Waals surface area contributed by atoms with Crippen molar-refractivity contribution in [2.24, 2.45) is 0 Å². The molecule has 0 aromatic heterocycles. The Morgan fingerprint density at radius 1 is 0.355 bits per heavy atom. The summed E-state index contributed by atoms with van der Waals surface area (Å²) in [6.45, 7) is 18.0. The van der Waals surface area contributed by atoms with E-state index < -0.39 is 8.32 Å². The van der Waals surface area contributed by atoms with Gasteiger partial charge in [-0.15, -0.1) is 0 Å². The SMILES string of the molecule is CC(C)(C)[Si](OCCOCCOCCOCCOCCOCCOCCOCCOCCOCCOCCOCCOC(=O)c1ccccc1)(c1ccccc1)c1ccccc1. The smallest absolute Gasteiger partial charge is 0.338 e. The summed E-state index contributed by atoms with van der Waals surface area (Å²) in [6.07, 6.45) is 0. The van der Waals surface area contributed by atoms with E-state index in [0.717, 1.165) is 0 Å². The number of hydrogen-bond donors (Lipinski definition) is 0. The Morgan fingerprint density at radius 3 is 0.871 bits per heavy atom. The molecule has 0 amide bonds. The Balaban J connectivity index is 0.972. The lowest BCUT2D eigenvalue weighted by atomic mass is 10.2. The first-order chi connectivity index (χ1) is 30.4. The van der Waals surface area contributed by atoms with Gasteiger partial charge in [-0.05, 0) is 27.5 Å². The van der Waals surface area contributed by atoms with Crippen LogP contribution in [0.1, 0.15) is 31.1 Å². The second-order valence-corrected chi connectivity index (χ2v) is 19.1. The van der Waals surface area contributed by atoms with Gasteiger partial charge in [0.2, 0.25) is 0 Å². The molecule has 0 saturated carbocycles. The van der Waals surface area contributed by atoms with Crippen molar-refractivity contribution in [2.45, 2.75) is 25.8 Å². The molecule has 15 heteroatoms. The number of ether oxygens (including phenoxy) is 12. The van der Waals surface area contributed by atoms with Crippen molar-refractivity contribution in [3.63, 3.8) is 0 Å². The number of esters is 1. The van der Waals surface area contributed by atoms with Crippen LogP contribution in [0.4, 0.5) is 0 Å². The third kappa shape index (κ3) is 23.5. The lowest BCUT2D eigenvalue weighted by molar-refractivity contribution is -0.0282. The van der Waals surface area contributed by atoms with Crippen LogP contribution in [0.15, 0.2) is 91.0 Å². The molecule has 0 radical (unpaired) electrons. The zero-order chi connectivity index (χ0) is 44.1. The van der Waals surface area contributed by atoms with Gasteiger partial charge >= 0.3 is 5.97 Å². The van der Waals surface area contributed by atoms with Gasteiger partial charge in [-0.1, -0.05) is 99.6 Å². The van der Waals surface area contributed by atoms with Crippen molar-refractivity contribution in [2.75, 3.05) is 159 Å². The minimum atomic E-state index is -2.55. The van der Waals surface area contributed by atoms with Gasteiger partial charge in [0.05, 0.1) is 158 Å². The number of hydrogen-bond acceptors (Lipinski definition) is 14. The fourth-order valence-electron chi connectivity index (χ4n) is 6.17. The Hall–Kier alpha value is -3.13. The molecule has 0 aliphatic rings. The molecule has 0 saturated heterocycles. The Morgan fingerprint density at radius 2 is 0.597 bits per heavy atom. The van der Waals surface area contributed by atoms with Crippen LogP contribution in [0.25, 0.3) is 0 Å². The van der Waals surface area contributed by atoms with E-state index in [-0.39, 0.29) is 17.6 Å². The van der Waals surface area contributed by atoms with E-state index in [2.05, 4.69) is 81.4 Å². The molecule has 62 heavy (non-hydrogen) atoms. The number of rotatable bonds is 40. The molecule has 0 aliphatic heterocycles. The largest absolute Gasteiger partial charge is 0.460 e. The molecule has 3 aromatic rings. The van der Waals surface area contributed by atoms with E-state index in [1.165, 1.54) is 10.4 Å².